The van der Waals surface area contributed by atoms with Crippen molar-refractivity contribution >= 4 is 15.7 Å². The van der Waals surface area contributed by atoms with Gasteiger partial charge in [-0.15, -0.1) is 0 Å². The normalized spacial score (nSPS) is 16.8. The fourth-order valence-electron chi connectivity index (χ4n) is 2.21. The van der Waals surface area contributed by atoms with E-state index in [1.54, 1.807) is 26.0 Å². The van der Waals surface area contributed by atoms with Gasteiger partial charge in [0.15, 0.2) is 0 Å². The SMILES string of the molecule is Cc1cc(N)cc(C)c1S(=O)(=O)NC1CCC1. The first-order valence-corrected chi connectivity index (χ1v) is 7.27. The minimum absolute atomic E-state index is 0.108. The van der Waals surface area contributed by atoms with Crippen molar-refractivity contribution in [2.24, 2.45) is 0 Å². The maximum atomic E-state index is 12.2. The van der Waals surface area contributed by atoms with Crippen molar-refractivity contribution in [1.29, 1.82) is 0 Å². The number of nitrogens with one attached hydrogen (secondary N) is 1. The molecule has 0 heterocycles. The van der Waals surface area contributed by atoms with Crippen molar-refractivity contribution in [2.45, 2.75) is 44.0 Å². The summed E-state index contributed by atoms with van der Waals surface area (Å²) in [5, 5.41) is 0. The van der Waals surface area contributed by atoms with Crippen molar-refractivity contribution in [3.05, 3.63) is 23.3 Å². The second kappa shape index (κ2) is 4.31. The van der Waals surface area contributed by atoms with E-state index < -0.39 is 10.0 Å². The van der Waals surface area contributed by atoms with Crippen LogP contribution in [0.1, 0.15) is 30.4 Å². The summed E-state index contributed by atoms with van der Waals surface area (Å²) in [6, 6.07) is 3.50. The van der Waals surface area contributed by atoms with E-state index in [0.717, 1.165) is 19.3 Å². The fraction of sp³-hybridized carbons (Fsp3) is 0.500. The number of hydrogen-bond acceptors (Lipinski definition) is 3. The van der Waals surface area contributed by atoms with E-state index in [1.807, 2.05) is 0 Å². The van der Waals surface area contributed by atoms with Crippen LogP contribution in [0, 0.1) is 13.8 Å². The molecule has 2 rings (SSSR count). The Balaban J connectivity index is 2.38. The van der Waals surface area contributed by atoms with Gasteiger partial charge in [-0.2, -0.15) is 0 Å². The zero-order valence-electron chi connectivity index (χ0n) is 10.2. The summed E-state index contributed by atoms with van der Waals surface area (Å²) in [5.41, 5.74) is 7.70. The molecule has 1 aliphatic carbocycles. The average molecular weight is 254 g/mol. The van der Waals surface area contributed by atoms with Crippen molar-refractivity contribution in [3.63, 3.8) is 0 Å². The summed E-state index contributed by atoms with van der Waals surface area (Å²) in [4.78, 5) is 0.374. The van der Waals surface area contributed by atoms with E-state index in [0.29, 0.717) is 21.7 Å². The van der Waals surface area contributed by atoms with Crippen LogP contribution >= 0.6 is 0 Å². The Hall–Kier alpha value is -1.07. The van der Waals surface area contributed by atoms with Crippen LogP contribution in [0.25, 0.3) is 0 Å². The number of nitrogen functional groups attached to an aromatic ring is 1. The summed E-state index contributed by atoms with van der Waals surface area (Å²) in [6.45, 7) is 3.55. The van der Waals surface area contributed by atoms with Gasteiger partial charge in [0.25, 0.3) is 0 Å². The zero-order valence-corrected chi connectivity index (χ0v) is 11.0. The largest absolute Gasteiger partial charge is 0.399 e. The molecule has 4 nitrogen and oxygen atoms in total. The van der Waals surface area contributed by atoms with Gasteiger partial charge in [-0.1, -0.05) is 6.42 Å². The zero-order chi connectivity index (χ0) is 12.6. The quantitative estimate of drug-likeness (QED) is 0.807. The molecule has 5 heteroatoms. The Bertz CT molecular complexity index is 510. The molecule has 0 saturated heterocycles. The Kier molecular flexibility index (Phi) is 3.14. The molecule has 0 radical (unpaired) electrons. The summed E-state index contributed by atoms with van der Waals surface area (Å²) >= 11 is 0. The predicted octanol–water partition coefficient (Wildman–Crippen LogP) is 1.72. The first kappa shape index (κ1) is 12.4. The number of sulfonamides is 1. The van der Waals surface area contributed by atoms with E-state index >= 15 is 0 Å². The summed E-state index contributed by atoms with van der Waals surface area (Å²) in [5.74, 6) is 0. The van der Waals surface area contributed by atoms with Crippen LogP contribution in [0.3, 0.4) is 0 Å². The Labute approximate surface area is 102 Å². The summed E-state index contributed by atoms with van der Waals surface area (Å²) < 4.78 is 27.2. The van der Waals surface area contributed by atoms with Crippen molar-refractivity contribution in [3.8, 4) is 0 Å². The third kappa shape index (κ3) is 2.45. The molecule has 3 N–H and O–H groups in total. The molecule has 0 spiro atoms. The molecule has 0 bridgehead atoms. The van der Waals surface area contributed by atoms with Gasteiger partial charge in [-0.3, -0.25) is 0 Å². The van der Waals surface area contributed by atoms with Gasteiger partial charge >= 0.3 is 0 Å². The molecule has 1 aromatic rings. The molecule has 1 saturated carbocycles. The van der Waals surface area contributed by atoms with Crippen LogP contribution in [0.15, 0.2) is 17.0 Å². The fourth-order valence-corrected chi connectivity index (χ4v) is 3.97. The minimum Gasteiger partial charge on any atom is -0.399 e. The lowest BCUT2D eigenvalue weighted by Gasteiger charge is -2.26. The van der Waals surface area contributed by atoms with Gasteiger partial charge < -0.3 is 5.73 Å². The lowest BCUT2D eigenvalue weighted by atomic mass is 9.94. The highest BCUT2D eigenvalue weighted by Gasteiger charge is 2.26. The standard InChI is InChI=1S/C12H18N2O2S/c1-8-6-10(13)7-9(2)12(8)17(15,16)14-11-4-3-5-11/h6-7,11,14H,3-5,13H2,1-2H3. The molecule has 0 atom stereocenters. The molecule has 94 valence electrons. The second-order valence-corrected chi connectivity index (χ2v) is 6.38. The first-order valence-electron chi connectivity index (χ1n) is 5.79. The Morgan fingerprint density at radius 1 is 1.24 bits per heavy atom. The number of aryl methyl sites for hydroxylation is 2. The van der Waals surface area contributed by atoms with Crippen molar-refractivity contribution in [2.75, 3.05) is 5.73 Å². The van der Waals surface area contributed by atoms with Crippen LogP contribution in [0.2, 0.25) is 0 Å². The summed E-state index contributed by atoms with van der Waals surface area (Å²) in [7, 11) is -3.40. The van der Waals surface area contributed by atoms with Crippen molar-refractivity contribution < 1.29 is 8.42 Å². The van der Waals surface area contributed by atoms with Crippen LogP contribution in [-0.2, 0) is 10.0 Å². The maximum Gasteiger partial charge on any atom is 0.241 e. The van der Waals surface area contributed by atoms with Gasteiger partial charge in [0.1, 0.15) is 0 Å². The van der Waals surface area contributed by atoms with E-state index in [2.05, 4.69) is 4.72 Å². The van der Waals surface area contributed by atoms with Crippen LogP contribution in [-0.4, -0.2) is 14.5 Å². The van der Waals surface area contributed by atoms with Gasteiger partial charge in [-0.25, -0.2) is 13.1 Å². The van der Waals surface area contributed by atoms with Gasteiger partial charge in [-0.05, 0) is 49.9 Å². The Morgan fingerprint density at radius 3 is 2.18 bits per heavy atom. The van der Waals surface area contributed by atoms with E-state index in [4.69, 9.17) is 5.73 Å². The Morgan fingerprint density at radius 2 is 1.76 bits per heavy atom. The van der Waals surface area contributed by atoms with Crippen LogP contribution in [0.4, 0.5) is 5.69 Å². The van der Waals surface area contributed by atoms with Gasteiger partial charge in [0.05, 0.1) is 4.90 Å². The van der Waals surface area contributed by atoms with E-state index in [9.17, 15) is 8.42 Å². The number of benzene rings is 1. The summed E-state index contributed by atoms with van der Waals surface area (Å²) in [6.07, 6.45) is 2.98. The topological polar surface area (TPSA) is 72.2 Å². The van der Waals surface area contributed by atoms with E-state index in [-0.39, 0.29) is 6.04 Å². The van der Waals surface area contributed by atoms with Crippen LogP contribution < -0.4 is 10.5 Å². The van der Waals surface area contributed by atoms with Gasteiger partial charge in [0.2, 0.25) is 10.0 Å². The molecule has 1 aliphatic rings. The highest BCUT2D eigenvalue weighted by atomic mass is 32.2. The minimum atomic E-state index is -3.40. The third-order valence-corrected chi connectivity index (χ3v) is 5.00. The second-order valence-electron chi connectivity index (χ2n) is 4.73. The molecular formula is C12H18N2O2S. The molecule has 0 aromatic heterocycles. The van der Waals surface area contributed by atoms with Crippen molar-refractivity contribution in [1.82, 2.24) is 4.72 Å². The number of hydrogen-bond donors (Lipinski definition) is 2. The molecule has 1 fully saturated rings. The highest BCUT2D eigenvalue weighted by molar-refractivity contribution is 7.89. The lowest BCUT2D eigenvalue weighted by Crippen LogP contribution is -2.39. The molecule has 0 unspecified atom stereocenters. The third-order valence-electron chi connectivity index (χ3n) is 3.18. The highest BCUT2D eigenvalue weighted by Crippen LogP contribution is 2.26. The molecule has 0 aliphatic heterocycles. The monoisotopic (exact) mass is 254 g/mol. The lowest BCUT2D eigenvalue weighted by molar-refractivity contribution is 0.383. The van der Waals surface area contributed by atoms with E-state index in [1.165, 1.54) is 0 Å². The number of rotatable bonds is 3. The number of anilines is 1. The maximum absolute atomic E-state index is 12.2. The predicted molar refractivity (Wildman–Crippen MR) is 68.3 cm³/mol. The van der Waals surface area contributed by atoms with Crippen LogP contribution in [0.5, 0.6) is 0 Å². The molecule has 1 aromatic carbocycles. The average Bonchev–Trinajstić information content (AvgIpc) is 2.09. The van der Waals surface area contributed by atoms with Gasteiger partial charge in [0, 0.05) is 11.7 Å². The molecule has 17 heavy (non-hydrogen) atoms. The first-order chi connectivity index (χ1) is 7.90. The smallest absolute Gasteiger partial charge is 0.241 e. The molecule has 0 amide bonds. The number of nitrogens with two attached hydrogens (primary N) is 1. The molecular weight excluding hydrogens is 236 g/mol.